The molecular weight excluding hydrogens is 255 g/mol. The number of hydrogen-bond acceptors (Lipinski definition) is 2. The fourth-order valence-corrected chi connectivity index (χ4v) is 2.90. The van der Waals surface area contributed by atoms with E-state index < -0.39 is 0 Å². The van der Waals surface area contributed by atoms with Gasteiger partial charge in [-0.05, 0) is 43.4 Å². The molecule has 1 saturated carbocycles. The average molecular weight is 276 g/mol. The Balaban J connectivity index is 1.97. The van der Waals surface area contributed by atoms with Crippen molar-refractivity contribution in [3.8, 4) is 0 Å². The van der Waals surface area contributed by atoms with Crippen molar-refractivity contribution < 1.29 is 9.18 Å². The van der Waals surface area contributed by atoms with Gasteiger partial charge < -0.3 is 4.90 Å². The molecule has 0 bridgehead atoms. The minimum absolute atomic E-state index is 0.128. The van der Waals surface area contributed by atoms with Crippen LogP contribution in [0.3, 0.4) is 0 Å². The molecule has 0 radical (unpaired) electrons. The van der Waals surface area contributed by atoms with Crippen LogP contribution in [0.15, 0.2) is 24.3 Å². The fraction of sp³-hybridized carbons (Fsp3) is 0.562. The van der Waals surface area contributed by atoms with Crippen molar-refractivity contribution in [1.29, 1.82) is 0 Å². The van der Waals surface area contributed by atoms with E-state index in [1.54, 1.807) is 6.07 Å². The zero-order chi connectivity index (χ0) is 14.5. The number of carbonyl (C=O) groups is 1. The highest BCUT2D eigenvalue weighted by Gasteiger charge is 2.60. The van der Waals surface area contributed by atoms with Crippen molar-refractivity contribution in [1.82, 2.24) is 10.2 Å². The van der Waals surface area contributed by atoms with Crippen LogP contribution in [-0.2, 0) is 4.79 Å². The molecule has 3 nitrogen and oxygen atoms in total. The van der Waals surface area contributed by atoms with Crippen LogP contribution < -0.4 is 5.32 Å². The first-order valence-electron chi connectivity index (χ1n) is 7.30. The molecule has 2 aliphatic rings. The molecule has 1 spiro atoms. The second-order valence-electron chi connectivity index (χ2n) is 6.38. The van der Waals surface area contributed by atoms with E-state index in [0.29, 0.717) is 5.92 Å². The number of halogens is 1. The lowest BCUT2D eigenvalue weighted by Gasteiger charge is -2.33. The van der Waals surface area contributed by atoms with E-state index >= 15 is 0 Å². The van der Waals surface area contributed by atoms with Gasteiger partial charge in [-0.25, -0.2) is 4.39 Å². The molecular formula is C16H21FN2O. The molecule has 3 rings (SSSR count). The minimum atomic E-state index is -0.375. The molecule has 1 aliphatic carbocycles. The van der Waals surface area contributed by atoms with Gasteiger partial charge in [-0.2, -0.15) is 0 Å². The summed E-state index contributed by atoms with van der Waals surface area (Å²) >= 11 is 0. The van der Waals surface area contributed by atoms with E-state index in [9.17, 15) is 9.18 Å². The number of rotatable bonds is 3. The van der Waals surface area contributed by atoms with E-state index in [2.05, 4.69) is 26.1 Å². The highest BCUT2D eigenvalue weighted by atomic mass is 19.1. The van der Waals surface area contributed by atoms with Gasteiger partial charge in [-0.3, -0.25) is 10.1 Å². The van der Waals surface area contributed by atoms with Crippen LogP contribution in [0.5, 0.6) is 0 Å². The Labute approximate surface area is 119 Å². The number of hydrogen-bond donors (Lipinski definition) is 1. The number of amides is 1. The standard InChI is InChI=1S/C16H21FN2O/c1-10(2)11(3)19-14(12-5-4-6-13(17)9-12)18-16(7-8-16)15(19)20/h4-6,9-11,14,18H,7-8H2,1-3H3. The summed E-state index contributed by atoms with van der Waals surface area (Å²) in [5, 5.41) is 3.43. The lowest BCUT2D eigenvalue weighted by Crippen LogP contribution is -2.41. The summed E-state index contributed by atoms with van der Waals surface area (Å²) in [6, 6.07) is 6.67. The number of benzene rings is 1. The maximum absolute atomic E-state index is 13.5. The van der Waals surface area contributed by atoms with Crippen molar-refractivity contribution in [3.05, 3.63) is 35.6 Å². The van der Waals surface area contributed by atoms with Gasteiger partial charge in [-0.1, -0.05) is 26.0 Å². The predicted molar refractivity (Wildman–Crippen MR) is 75.4 cm³/mol. The molecule has 1 heterocycles. The maximum Gasteiger partial charge on any atom is 0.244 e. The van der Waals surface area contributed by atoms with Crippen molar-refractivity contribution in [2.45, 2.75) is 51.4 Å². The first-order valence-corrected chi connectivity index (χ1v) is 7.30. The molecule has 1 amide bonds. The van der Waals surface area contributed by atoms with Crippen LogP contribution in [0.1, 0.15) is 45.3 Å². The predicted octanol–water partition coefficient (Wildman–Crippen LogP) is 2.83. The van der Waals surface area contributed by atoms with Gasteiger partial charge in [0, 0.05) is 6.04 Å². The first-order chi connectivity index (χ1) is 9.44. The molecule has 2 unspecified atom stereocenters. The van der Waals surface area contributed by atoms with Gasteiger partial charge in [-0.15, -0.1) is 0 Å². The van der Waals surface area contributed by atoms with E-state index in [0.717, 1.165) is 18.4 Å². The molecule has 108 valence electrons. The Morgan fingerprint density at radius 2 is 2.05 bits per heavy atom. The Kier molecular flexibility index (Phi) is 3.09. The fourth-order valence-electron chi connectivity index (χ4n) is 2.90. The van der Waals surface area contributed by atoms with Crippen LogP contribution in [0.25, 0.3) is 0 Å². The Hall–Kier alpha value is -1.42. The zero-order valence-corrected chi connectivity index (χ0v) is 12.2. The molecule has 4 heteroatoms. The average Bonchev–Trinajstić information content (AvgIpc) is 3.12. The third kappa shape index (κ3) is 2.03. The number of nitrogens with zero attached hydrogens (tertiary/aromatic N) is 1. The van der Waals surface area contributed by atoms with E-state index in [1.165, 1.54) is 12.1 Å². The second-order valence-corrected chi connectivity index (χ2v) is 6.38. The molecule has 1 aliphatic heterocycles. The lowest BCUT2D eigenvalue weighted by molar-refractivity contribution is -0.133. The molecule has 20 heavy (non-hydrogen) atoms. The summed E-state index contributed by atoms with van der Waals surface area (Å²) in [6.45, 7) is 6.29. The smallest absolute Gasteiger partial charge is 0.244 e. The summed E-state index contributed by atoms with van der Waals surface area (Å²) in [6.07, 6.45) is 1.57. The SMILES string of the molecule is CC(C)C(C)N1C(=O)C2(CC2)NC1c1cccc(F)c1. The van der Waals surface area contributed by atoms with Gasteiger partial charge in [0.05, 0.1) is 0 Å². The summed E-state index contributed by atoms with van der Waals surface area (Å²) in [5.41, 5.74) is 0.453. The van der Waals surface area contributed by atoms with Crippen molar-refractivity contribution in [3.63, 3.8) is 0 Å². The number of carbonyl (C=O) groups excluding carboxylic acids is 1. The van der Waals surface area contributed by atoms with Crippen LogP contribution in [0, 0.1) is 11.7 Å². The third-order valence-corrected chi connectivity index (χ3v) is 4.65. The molecule has 2 fully saturated rings. The van der Waals surface area contributed by atoms with Crippen LogP contribution in [0.2, 0.25) is 0 Å². The highest BCUT2D eigenvalue weighted by Crippen LogP contribution is 2.47. The largest absolute Gasteiger partial charge is 0.318 e. The third-order valence-electron chi connectivity index (χ3n) is 4.65. The normalized spacial score (nSPS) is 25.6. The second kappa shape index (κ2) is 4.55. The lowest BCUT2D eigenvalue weighted by atomic mass is 10.0. The summed E-state index contributed by atoms with van der Waals surface area (Å²) < 4.78 is 13.5. The number of nitrogens with one attached hydrogen (secondary N) is 1. The van der Waals surface area contributed by atoms with Crippen molar-refractivity contribution >= 4 is 5.91 Å². The van der Waals surface area contributed by atoms with Gasteiger partial charge >= 0.3 is 0 Å². The van der Waals surface area contributed by atoms with E-state index in [1.807, 2.05) is 11.0 Å². The first kappa shape index (κ1) is 13.6. The quantitative estimate of drug-likeness (QED) is 0.920. The van der Waals surface area contributed by atoms with Crippen molar-refractivity contribution in [2.75, 3.05) is 0 Å². The van der Waals surface area contributed by atoms with Crippen LogP contribution in [0.4, 0.5) is 4.39 Å². The Morgan fingerprint density at radius 3 is 2.60 bits per heavy atom. The summed E-state index contributed by atoms with van der Waals surface area (Å²) in [4.78, 5) is 14.6. The van der Waals surface area contributed by atoms with Gasteiger partial charge in [0.2, 0.25) is 5.91 Å². The molecule has 1 aromatic rings. The van der Waals surface area contributed by atoms with Crippen LogP contribution in [-0.4, -0.2) is 22.4 Å². The zero-order valence-electron chi connectivity index (χ0n) is 12.2. The van der Waals surface area contributed by atoms with Gasteiger partial charge in [0.1, 0.15) is 17.5 Å². The van der Waals surface area contributed by atoms with Gasteiger partial charge in [0.15, 0.2) is 0 Å². The summed E-state index contributed by atoms with van der Waals surface area (Å²) in [7, 11) is 0. The van der Waals surface area contributed by atoms with Crippen LogP contribution >= 0.6 is 0 Å². The molecule has 0 aromatic heterocycles. The van der Waals surface area contributed by atoms with E-state index in [4.69, 9.17) is 0 Å². The minimum Gasteiger partial charge on any atom is -0.318 e. The Morgan fingerprint density at radius 1 is 1.35 bits per heavy atom. The monoisotopic (exact) mass is 276 g/mol. The topological polar surface area (TPSA) is 32.3 Å². The molecule has 1 aromatic carbocycles. The van der Waals surface area contributed by atoms with E-state index in [-0.39, 0.29) is 29.5 Å². The van der Waals surface area contributed by atoms with Gasteiger partial charge in [0.25, 0.3) is 0 Å². The molecule has 1 N–H and O–H groups in total. The maximum atomic E-state index is 13.5. The Bertz CT molecular complexity index is 539. The van der Waals surface area contributed by atoms with Crippen molar-refractivity contribution in [2.24, 2.45) is 5.92 Å². The summed E-state index contributed by atoms with van der Waals surface area (Å²) in [5.74, 6) is 0.282. The highest BCUT2D eigenvalue weighted by molar-refractivity contribution is 5.92. The molecule has 2 atom stereocenters. The molecule has 1 saturated heterocycles.